The van der Waals surface area contributed by atoms with Crippen LogP contribution < -0.4 is 0 Å². The van der Waals surface area contributed by atoms with Gasteiger partial charge >= 0.3 is 0 Å². The standard InChI is InChI=1S/C14H14ClN3O/c1-9(15)14-17-13-10(7-16)3-2-4-12(13)18(14)11-5-6-19-8-11/h2-4,9,11H,5-6,8H2,1H3. The Morgan fingerprint density at radius 3 is 3.05 bits per heavy atom. The van der Waals surface area contributed by atoms with Crippen LogP contribution in [0.15, 0.2) is 18.2 Å². The lowest BCUT2D eigenvalue weighted by atomic mass is 10.2. The van der Waals surface area contributed by atoms with E-state index in [1.165, 1.54) is 0 Å². The molecule has 0 N–H and O–H groups in total. The molecule has 19 heavy (non-hydrogen) atoms. The van der Waals surface area contributed by atoms with Crippen molar-refractivity contribution in [2.24, 2.45) is 0 Å². The van der Waals surface area contributed by atoms with Gasteiger partial charge in [0.25, 0.3) is 0 Å². The van der Waals surface area contributed by atoms with Crippen molar-refractivity contribution in [3.8, 4) is 6.07 Å². The number of nitriles is 1. The summed E-state index contributed by atoms with van der Waals surface area (Å²) in [7, 11) is 0. The molecule has 98 valence electrons. The minimum absolute atomic E-state index is 0.195. The van der Waals surface area contributed by atoms with Crippen LogP contribution in [0.4, 0.5) is 0 Å². The summed E-state index contributed by atoms with van der Waals surface area (Å²) in [6.45, 7) is 3.35. The Hall–Kier alpha value is -1.57. The smallest absolute Gasteiger partial charge is 0.128 e. The first-order valence-corrected chi connectivity index (χ1v) is 6.78. The Morgan fingerprint density at radius 2 is 2.42 bits per heavy atom. The molecule has 2 unspecified atom stereocenters. The van der Waals surface area contributed by atoms with Crippen molar-refractivity contribution < 1.29 is 4.74 Å². The summed E-state index contributed by atoms with van der Waals surface area (Å²) in [6.07, 6.45) is 0.957. The van der Waals surface area contributed by atoms with Crippen molar-refractivity contribution in [2.45, 2.75) is 24.8 Å². The number of ether oxygens (including phenoxy) is 1. The molecular weight excluding hydrogens is 262 g/mol. The topological polar surface area (TPSA) is 50.8 Å². The van der Waals surface area contributed by atoms with Crippen LogP contribution in [0.5, 0.6) is 0 Å². The van der Waals surface area contributed by atoms with Crippen molar-refractivity contribution >= 4 is 22.6 Å². The van der Waals surface area contributed by atoms with Crippen molar-refractivity contribution in [1.82, 2.24) is 9.55 Å². The maximum Gasteiger partial charge on any atom is 0.128 e. The van der Waals surface area contributed by atoms with Crippen LogP contribution in [0.2, 0.25) is 0 Å². The molecule has 5 heteroatoms. The van der Waals surface area contributed by atoms with Crippen LogP contribution in [-0.2, 0) is 4.74 Å². The van der Waals surface area contributed by atoms with Crippen LogP contribution in [-0.4, -0.2) is 22.8 Å². The van der Waals surface area contributed by atoms with Crippen LogP contribution in [0.3, 0.4) is 0 Å². The number of para-hydroxylation sites is 1. The Kier molecular flexibility index (Phi) is 3.17. The zero-order chi connectivity index (χ0) is 13.4. The Bertz CT molecular complexity index is 650. The first-order chi connectivity index (χ1) is 9.22. The summed E-state index contributed by atoms with van der Waals surface area (Å²) in [5, 5.41) is 8.99. The van der Waals surface area contributed by atoms with Gasteiger partial charge in [-0.2, -0.15) is 5.26 Å². The SMILES string of the molecule is CC(Cl)c1nc2c(C#N)cccc2n1C1CCOC1. The number of fused-ring (bicyclic) bond motifs is 1. The van der Waals surface area contributed by atoms with E-state index in [1.54, 1.807) is 6.07 Å². The molecule has 1 fully saturated rings. The number of hydrogen-bond acceptors (Lipinski definition) is 3. The van der Waals surface area contributed by atoms with E-state index in [4.69, 9.17) is 16.3 Å². The van der Waals surface area contributed by atoms with Gasteiger partial charge in [-0.25, -0.2) is 4.98 Å². The highest BCUT2D eigenvalue weighted by molar-refractivity contribution is 6.20. The van der Waals surface area contributed by atoms with E-state index in [-0.39, 0.29) is 11.4 Å². The van der Waals surface area contributed by atoms with Gasteiger partial charge in [0.1, 0.15) is 17.4 Å². The zero-order valence-electron chi connectivity index (χ0n) is 10.6. The van der Waals surface area contributed by atoms with Crippen molar-refractivity contribution in [2.75, 3.05) is 13.2 Å². The zero-order valence-corrected chi connectivity index (χ0v) is 11.4. The highest BCUT2D eigenvalue weighted by Gasteiger charge is 2.25. The second-order valence-corrected chi connectivity index (χ2v) is 5.41. The summed E-state index contributed by atoms with van der Waals surface area (Å²) >= 11 is 6.25. The lowest BCUT2D eigenvalue weighted by molar-refractivity contribution is 0.186. The number of benzene rings is 1. The summed E-state index contributed by atoms with van der Waals surface area (Å²) in [4.78, 5) is 4.58. The van der Waals surface area contributed by atoms with Crippen molar-refractivity contribution in [3.63, 3.8) is 0 Å². The molecule has 3 rings (SSSR count). The molecule has 1 aliphatic heterocycles. The van der Waals surface area contributed by atoms with E-state index in [0.29, 0.717) is 12.2 Å². The third-order valence-corrected chi connectivity index (χ3v) is 3.69. The predicted molar refractivity (Wildman–Crippen MR) is 73.2 cm³/mol. The monoisotopic (exact) mass is 275 g/mol. The number of alkyl halides is 1. The minimum Gasteiger partial charge on any atom is -0.379 e. The largest absolute Gasteiger partial charge is 0.379 e. The molecule has 4 nitrogen and oxygen atoms in total. The Balaban J connectivity index is 2.27. The molecule has 1 aromatic carbocycles. The third kappa shape index (κ3) is 1.99. The fourth-order valence-corrected chi connectivity index (χ4v) is 2.77. The van der Waals surface area contributed by atoms with E-state index in [0.717, 1.165) is 29.9 Å². The molecule has 1 saturated heterocycles. The number of rotatable bonds is 2. The molecule has 0 bridgehead atoms. The lowest BCUT2D eigenvalue weighted by Gasteiger charge is -2.16. The molecule has 0 spiro atoms. The normalized spacial score (nSPS) is 20.6. The Morgan fingerprint density at radius 1 is 1.58 bits per heavy atom. The highest BCUT2D eigenvalue weighted by atomic mass is 35.5. The van der Waals surface area contributed by atoms with Gasteiger partial charge in [0.15, 0.2) is 0 Å². The molecule has 0 aliphatic carbocycles. The number of imidazole rings is 1. The third-order valence-electron chi connectivity index (χ3n) is 3.49. The lowest BCUT2D eigenvalue weighted by Crippen LogP contribution is -2.12. The number of halogens is 1. The van der Waals surface area contributed by atoms with Gasteiger partial charge in [0.05, 0.1) is 29.1 Å². The van der Waals surface area contributed by atoms with Crippen molar-refractivity contribution in [3.05, 3.63) is 29.6 Å². The summed E-state index contributed by atoms with van der Waals surface area (Å²) < 4.78 is 7.60. The van der Waals surface area contributed by atoms with E-state index >= 15 is 0 Å². The maximum atomic E-state index is 9.18. The Labute approximate surface area is 116 Å². The van der Waals surface area contributed by atoms with Gasteiger partial charge in [0, 0.05) is 6.61 Å². The molecule has 0 saturated carbocycles. The molecule has 0 amide bonds. The molecule has 1 aliphatic rings. The second-order valence-electron chi connectivity index (χ2n) is 4.76. The maximum absolute atomic E-state index is 9.18. The molecule has 2 atom stereocenters. The summed E-state index contributed by atoms with van der Waals surface area (Å²) in [5.41, 5.74) is 2.30. The predicted octanol–water partition coefficient (Wildman–Crippen LogP) is 3.17. The van der Waals surface area contributed by atoms with Crippen LogP contribution in [0, 0.1) is 11.3 Å². The fourth-order valence-electron chi connectivity index (χ4n) is 2.62. The average Bonchev–Trinajstić information content (AvgIpc) is 3.04. The first kappa shape index (κ1) is 12.5. The summed E-state index contributed by atoms with van der Waals surface area (Å²) in [5.74, 6) is 0.815. The van der Waals surface area contributed by atoms with E-state index < -0.39 is 0 Å². The van der Waals surface area contributed by atoms with Crippen LogP contribution in [0.25, 0.3) is 11.0 Å². The number of hydrogen-bond donors (Lipinski definition) is 0. The van der Waals surface area contributed by atoms with Gasteiger partial charge in [0.2, 0.25) is 0 Å². The van der Waals surface area contributed by atoms with Crippen LogP contribution in [0.1, 0.15) is 36.2 Å². The number of aromatic nitrogens is 2. The average molecular weight is 276 g/mol. The van der Waals surface area contributed by atoms with Crippen molar-refractivity contribution in [1.29, 1.82) is 5.26 Å². The van der Waals surface area contributed by atoms with Gasteiger partial charge in [-0.3, -0.25) is 0 Å². The minimum atomic E-state index is -0.195. The van der Waals surface area contributed by atoms with E-state index in [1.807, 2.05) is 19.1 Å². The second kappa shape index (κ2) is 4.84. The van der Waals surface area contributed by atoms with E-state index in [9.17, 15) is 5.26 Å². The molecule has 2 heterocycles. The number of nitrogens with zero attached hydrogens (tertiary/aromatic N) is 3. The molecule has 2 aromatic rings. The first-order valence-electron chi connectivity index (χ1n) is 6.35. The van der Waals surface area contributed by atoms with Gasteiger partial charge < -0.3 is 9.30 Å². The van der Waals surface area contributed by atoms with Gasteiger partial charge in [-0.15, -0.1) is 11.6 Å². The molecule has 1 aromatic heterocycles. The quantitative estimate of drug-likeness (QED) is 0.791. The molecular formula is C14H14ClN3O. The van der Waals surface area contributed by atoms with Gasteiger partial charge in [-0.05, 0) is 25.5 Å². The fraction of sp³-hybridized carbons (Fsp3) is 0.429. The van der Waals surface area contributed by atoms with Crippen LogP contribution >= 0.6 is 11.6 Å². The summed E-state index contributed by atoms with van der Waals surface area (Å²) in [6, 6.07) is 8.11. The van der Waals surface area contributed by atoms with Gasteiger partial charge in [-0.1, -0.05) is 6.07 Å². The van der Waals surface area contributed by atoms with E-state index in [2.05, 4.69) is 15.6 Å². The highest BCUT2D eigenvalue weighted by Crippen LogP contribution is 2.32. The molecule has 0 radical (unpaired) electrons.